The molecule has 0 aromatic heterocycles. The summed E-state index contributed by atoms with van der Waals surface area (Å²) in [5.41, 5.74) is 0. The SMILES string of the molecule is CC1CCN(C(=O)CSc2cccc(Cl)c2)CC1. The third-order valence-electron chi connectivity index (χ3n) is 3.29. The van der Waals surface area contributed by atoms with Crippen molar-refractivity contribution in [3.05, 3.63) is 29.3 Å². The molecule has 1 fully saturated rings. The van der Waals surface area contributed by atoms with Crippen LogP contribution in [0.3, 0.4) is 0 Å². The van der Waals surface area contributed by atoms with Crippen LogP contribution in [-0.4, -0.2) is 29.6 Å². The Balaban J connectivity index is 1.81. The van der Waals surface area contributed by atoms with Crippen LogP contribution in [0.2, 0.25) is 5.02 Å². The van der Waals surface area contributed by atoms with Gasteiger partial charge >= 0.3 is 0 Å². The minimum absolute atomic E-state index is 0.242. The van der Waals surface area contributed by atoms with Crippen molar-refractivity contribution >= 4 is 29.3 Å². The van der Waals surface area contributed by atoms with Gasteiger partial charge in [0, 0.05) is 23.0 Å². The molecule has 0 saturated carbocycles. The van der Waals surface area contributed by atoms with Crippen LogP contribution in [-0.2, 0) is 4.79 Å². The summed E-state index contributed by atoms with van der Waals surface area (Å²) in [7, 11) is 0. The van der Waals surface area contributed by atoms with Gasteiger partial charge in [-0.1, -0.05) is 24.6 Å². The van der Waals surface area contributed by atoms with Crippen molar-refractivity contribution < 1.29 is 4.79 Å². The highest BCUT2D eigenvalue weighted by atomic mass is 35.5. The highest BCUT2D eigenvalue weighted by Crippen LogP contribution is 2.23. The normalized spacial score (nSPS) is 16.9. The molecule has 18 heavy (non-hydrogen) atoms. The van der Waals surface area contributed by atoms with E-state index in [0.717, 1.165) is 41.8 Å². The van der Waals surface area contributed by atoms with E-state index in [1.807, 2.05) is 29.2 Å². The van der Waals surface area contributed by atoms with E-state index in [-0.39, 0.29) is 5.91 Å². The van der Waals surface area contributed by atoms with Gasteiger partial charge in [0.15, 0.2) is 0 Å². The third-order valence-corrected chi connectivity index (χ3v) is 4.51. The van der Waals surface area contributed by atoms with E-state index in [1.165, 1.54) is 0 Å². The van der Waals surface area contributed by atoms with Crippen molar-refractivity contribution in [2.45, 2.75) is 24.7 Å². The molecule has 1 heterocycles. The monoisotopic (exact) mass is 283 g/mol. The molecule has 2 rings (SSSR count). The maximum absolute atomic E-state index is 12.0. The predicted octanol–water partition coefficient (Wildman–Crippen LogP) is 3.69. The first-order chi connectivity index (χ1) is 8.65. The van der Waals surface area contributed by atoms with Crippen molar-refractivity contribution in [2.24, 2.45) is 5.92 Å². The Kier molecular flexibility index (Phi) is 4.95. The van der Waals surface area contributed by atoms with E-state index >= 15 is 0 Å². The maximum Gasteiger partial charge on any atom is 0.232 e. The molecule has 0 radical (unpaired) electrons. The Morgan fingerprint density at radius 1 is 1.44 bits per heavy atom. The molecular formula is C14H18ClNOS. The van der Waals surface area contributed by atoms with E-state index in [9.17, 15) is 4.79 Å². The molecular weight excluding hydrogens is 266 g/mol. The van der Waals surface area contributed by atoms with Gasteiger partial charge in [-0.05, 0) is 37.0 Å². The number of amides is 1. The second-order valence-electron chi connectivity index (χ2n) is 4.81. The second kappa shape index (κ2) is 6.48. The average molecular weight is 284 g/mol. The molecule has 0 aliphatic carbocycles. The smallest absolute Gasteiger partial charge is 0.232 e. The summed E-state index contributed by atoms with van der Waals surface area (Å²) in [5, 5.41) is 0.722. The Morgan fingerprint density at radius 2 is 2.17 bits per heavy atom. The molecule has 2 nitrogen and oxygen atoms in total. The maximum atomic E-state index is 12.0. The van der Waals surface area contributed by atoms with Crippen LogP contribution in [0, 0.1) is 5.92 Å². The number of benzene rings is 1. The zero-order chi connectivity index (χ0) is 13.0. The Bertz CT molecular complexity index is 416. The molecule has 1 aromatic carbocycles. The molecule has 4 heteroatoms. The number of hydrogen-bond donors (Lipinski definition) is 0. The molecule has 1 aliphatic heterocycles. The summed E-state index contributed by atoms with van der Waals surface area (Å²) in [6.07, 6.45) is 2.27. The number of nitrogens with zero attached hydrogens (tertiary/aromatic N) is 1. The molecule has 0 atom stereocenters. The lowest BCUT2D eigenvalue weighted by Gasteiger charge is -2.30. The van der Waals surface area contributed by atoms with Gasteiger partial charge in [0.2, 0.25) is 5.91 Å². The first-order valence-electron chi connectivity index (χ1n) is 6.31. The largest absolute Gasteiger partial charge is 0.342 e. The second-order valence-corrected chi connectivity index (χ2v) is 6.29. The van der Waals surface area contributed by atoms with E-state index in [0.29, 0.717) is 5.75 Å². The number of likely N-dealkylation sites (tertiary alicyclic amines) is 1. The number of rotatable bonds is 3. The Hall–Kier alpha value is -0.670. The van der Waals surface area contributed by atoms with Crippen LogP contribution in [0.4, 0.5) is 0 Å². The van der Waals surface area contributed by atoms with Crippen LogP contribution in [0.25, 0.3) is 0 Å². The molecule has 0 unspecified atom stereocenters. The van der Waals surface area contributed by atoms with Crippen molar-refractivity contribution in [1.82, 2.24) is 4.90 Å². The summed E-state index contributed by atoms with van der Waals surface area (Å²) < 4.78 is 0. The lowest BCUT2D eigenvalue weighted by Crippen LogP contribution is -2.38. The van der Waals surface area contributed by atoms with Crippen molar-refractivity contribution in [1.29, 1.82) is 0 Å². The van der Waals surface area contributed by atoms with Crippen LogP contribution in [0.15, 0.2) is 29.2 Å². The molecule has 98 valence electrons. The van der Waals surface area contributed by atoms with E-state index in [1.54, 1.807) is 11.8 Å². The topological polar surface area (TPSA) is 20.3 Å². The lowest BCUT2D eigenvalue weighted by molar-refractivity contribution is -0.129. The molecule has 0 bridgehead atoms. The van der Waals surface area contributed by atoms with Gasteiger partial charge in [-0.25, -0.2) is 0 Å². The third kappa shape index (κ3) is 3.92. The molecule has 1 aromatic rings. The molecule has 1 aliphatic rings. The molecule has 1 amide bonds. The van der Waals surface area contributed by atoms with E-state index in [2.05, 4.69) is 6.92 Å². The van der Waals surface area contributed by atoms with Crippen LogP contribution in [0.5, 0.6) is 0 Å². The molecule has 0 N–H and O–H groups in total. The van der Waals surface area contributed by atoms with Gasteiger partial charge < -0.3 is 4.90 Å². The Labute approximate surface area is 118 Å². The molecule has 1 saturated heterocycles. The van der Waals surface area contributed by atoms with E-state index in [4.69, 9.17) is 11.6 Å². The minimum atomic E-state index is 0.242. The first-order valence-corrected chi connectivity index (χ1v) is 7.67. The van der Waals surface area contributed by atoms with Crippen molar-refractivity contribution in [3.8, 4) is 0 Å². The van der Waals surface area contributed by atoms with Crippen LogP contribution in [0.1, 0.15) is 19.8 Å². The van der Waals surface area contributed by atoms with Crippen LogP contribution >= 0.6 is 23.4 Å². The highest BCUT2D eigenvalue weighted by molar-refractivity contribution is 8.00. The summed E-state index contributed by atoms with van der Waals surface area (Å²) in [6.45, 7) is 4.08. The quantitative estimate of drug-likeness (QED) is 0.789. The zero-order valence-electron chi connectivity index (χ0n) is 10.6. The molecule has 0 spiro atoms. The van der Waals surface area contributed by atoms with Gasteiger partial charge in [0.1, 0.15) is 0 Å². The lowest BCUT2D eigenvalue weighted by atomic mass is 9.99. The Morgan fingerprint density at radius 3 is 2.83 bits per heavy atom. The fourth-order valence-electron chi connectivity index (χ4n) is 2.05. The number of hydrogen-bond acceptors (Lipinski definition) is 2. The number of thioether (sulfide) groups is 1. The highest BCUT2D eigenvalue weighted by Gasteiger charge is 2.19. The number of piperidine rings is 1. The zero-order valence-corrected chi connectivity index (χ0v) is 12.1. The van der Waals surface area contributed by atoms with Crippen LogP contribution < -0.4 is 0 Å². The first kappa shape index (κ1) is 13.8. The van der Waals surface area contributed by atoms with Gasteiger partial charge in [0.25, 0.3) is 0 Å². The van der Waals surface area contributed by atoms with Gasteiger partial charge in [0.05, 0.1) is 5.75 Å². The number of carbonyl (C=O) groups is 1. The van der Waals surface area contributed by atoms with Gasteiger partial charge in [-0.2, -0.15) is 0 Å². The van der Waals surface area contributed by atoms with Crippen molar-refractivity contribution in [2.75, 3.05) is 18.8 Å². The van der Waals surface area contributed by atoms with Gasteiger partial charge in [-0.15, -0.1) is 11.8 Å². The van der Waals surface area contributed by atoms with Crippen molar-refractivity contribution in [3.63, 3.8) is 0 Å². The fourth-order valence-corrected chi connectivity index (χ4v) is 3.16. The minimum Gasteiger partial charge on any atom is -0.342 e. The summed E-state index contributed by atoms with van der Waals surface area (Å²) in [5.74, 6) is 1.51. The number of carbonyl (C=O) groups excluding carboxylic acids is 1. The summed E-state index contributed by atoms with van der Waals surface area (Å²) >= 11 is 7.48. The average Bonchev–Trinajstić information content (AvgIpc) is 2.37. The predicted molar refractivity (Wildman–Crippen MR) is 77.2 cm³/mol. The number of halogens is 1. The standard InChI is InChI=1S/C14H18ClNOS/c1-11-5-7-16(8-6-11)14(17)10-18-13-4-2-3-12(15)9-13/h2-4,9,11H,5-8,10H2,1H3. The summed E-state index contributed by atoms with van der Waals surface area (Å²) in [6, 6.07) is 7.65. The van der Waals surface area contributed by atoms with E-state index < -0.39 is 0 Å². The van der Waals surface area contributed by atoms with Gasteiger partial charge in [-0.3, -0.25) is 4.79 Å². The summed E-state index contributed by atoms with van der Waals surface area (Å²) in [4.78, 5) is 15.1. The fraction of sp³-hybridized carbons (Fsp3) is 0.500.